The molecule has 0 aliphatic heterocycles. The van der Waals surface area contributed by atoms with Gasteiger partial charge in [-0.3, -0.25) is 4.98 Å². The van der Waals surface area contributed by atoms with Gasteiger partial charge in [-0.05, 0) is 24.3 Å². The van der Waals surface area contributed by atoms with Gasteiger partial charge >= 0.3 is 0 Å². The second-order valence-corrected chi connectivity index (χ2v) is 5.52. The van der Waals surface area contributed by atoms with E-state index in [0.717, 1.165) is 16.6 Å². The van der Waals surface area contributed by atoms with Gasteiger partial charge in [0, 0.05) is 17.6 Å². The first-order valence-corrected chi connectivity index (χ1v) is 7.84. The summed E-state index contributed by atoms with van der Waals surface area (Å²) >= 11 is 0. The number of halogens is 2. The standard InChI is InChI=1S/C19H13F2N5/c20-13-6-2-7-14(21)19(13)26-17-10-16(23-11-24-17)25-15-8-1-4-12-5-3-9-22-18(12)15/h1-11H,(H2,23,24,25,26). The number of aromatic nitrogens is 3. The number of hydrogen-bond acceptors (Lipinski definition) is 5. The fraction of sp³-hybridized carbons (Fsp3) is 0. The molecule has 4 rings (SSSR count). The summed E-state index contributed by atoms with van der Waals surface area (Å²) in [5.41, 5.74) is 1.30. The SMILES string of the molecule is Fc1cccc(F)c1Nc1cc(Nc2cccc3cccnc23)ncn1. The van der Waals surface area contributed by atoms with Crippen LogP contribution in [0.1, 0.15) is 0 Å². The predicted molar refractivity (Wildman–Crippen MR) is 96.7 cm³/mol. The summed E-state index contributed by atoms with van der Waals surface area (Å²) in [5, 5.41) is 6.79. The molecule has 7 heteroatoms. The third kappa shape index (κ3) is 3.14. The quantitative estimate of drug-likeness (QED) is 0.555. The molecular weight excluding hydrogens is 336 g/mol. The Bertz CT molecular complexity index is 1060. The van der Waals surface area contributed by atoms with Crippen LogP contribution in [0.15, 0.2) is 67.1 Å². The van der Waals surface area contributed by atoms with Crippen LogP contribution in [-0.2, 0) is 0 Å². The minimum atomic E-state index is -0.698. The molecule has 2 N–H and O–H groups in total. The number of pyridine rings is 1. The summed E-state index contributed by atoms with van der Waals surface area (Å²) in [5.74, 6) is -0.662. The highest BCUT2D eigenvalue weighted by Crippen LogP contribution is 2.26. The zero-order valence-corrected chi connectivity index (χ0v) is 13.4. The highest BCUT2D eigenvalue weighted by molar-refractivity contribution is 5.91. The Labute approximate surface area is 147 Å². The van der Waals surface area contributed by atoms with Crippen molar-refractivity contribution in [1.82, 2.24) is 15.0 Å². The highest BCUT2D eigenvalue weighted by Gasteiger charge is 2.10. The van der Waals surface area contributed by atoms with Crippen LogP contribution in [0, 0.1) is 11.6 Å². The first kappa shape index (κ1) is 15.9. The summed E-state index contributed by atoms with van der Waals surface area (Å²) in [7, 11) is 0. The molecule has 0 saturated carbocycles. The van der Waals surface area contributed by atoms with Gasteiger partial charge in [-0.25, -0.2) is 18.7 Å². The van der Waals surface area contributed by atoms with Crippen LogP contribution >= 0.6 is 0 Å². The molecule has 0 atom stereocenters. The second kappa shape index (κ2) is 6.72. The van der Waals surface area contributed by atoms with Gasteiger partial charge < -0.3 is 10.6 Å². The predicted octanol–water partition coefficient (Wildman–Crippen LogP) is 4.79. The lowest BCUT2D eigenvalue weighted by Gasteiger charge is -2.11. The lowest BCUT2D eigenvalue weighted by atomic mass is 10.2. The number of hydrogen-bond donors (Lipinski definition) is 2. The zero-order chi connectivity index (χ0) is 17.9. The van der Waals surface area contributed by atoms with Crippen LogP contribution < -0.4 is 10.6 Å². The first-order valence-electron chi connectivity index (χ1n) is 7.84. The van der Waals surface area contributed by atoms with E-state index < -0.39 is 11.6 Å². The third-order valence-corrected chi connectivity index (χ3v) is 3.78. The molecule has 0 bridgehead atoms. The van der Waals surface area contributed by atoms with E-state index in [-0.39, 0.29) is 11.5 Å². The number of nitrogens with one attached hydrogen (secondary N) is 2. The Morgan fingerprint density at radius 3 is 2.23 bits per heavy atom. The van der Waals surface area contributed by atoms with Crippen molar-refractivity contribution in [3.63, 3.8) is 0 Å². The molecule has 2 aromatic carbocycles. The maximum atomic E-state index is 13.8. The summed E-state index contributed by atoms with van der Waals surface area (Å²) in [6.07, 6.45) is 3.02. The normalized spacial score (nSPS) is 10.7. The molecule has 0 aliphatic rings. The van der Waals surface area contributed by atoms with E-state index in [1.807, 2.05) is 30.3 Å². The lowest BCUT2D eigenvalue weighted by Crippen LogP contribution is -2.02. The summed E-state index contributed by atoms with van der Waals surface area (Å²) in [4.78, 5) is 12.5. The number of para-hydroxylation sites is 2. The van der Waals surface area contributed by atoms with Crippen molar-refractivity contribution >= 4 is 33.9 Å². The van der Waals surface area contributed by atoms with Gasteiger partial charge in [0.2, 0.25) is 0 Å². The maximum Gasteiger partial charge on any atom is 0.149 e. The Morgan fingerprint density at radius 2 is 1.42 bits per heavy atom. The Hall–Kier alpha value is -3.61. The highest BCUT2D eigenvalue weighted by atomic mass is 19.1. The van der Waals surface area contributed by atoms with Gasteiger partial charge in [0.25, 0.3) is 0 Å². The molecule has 26 heavy (non-hydrogen) atoms. The molecule has 0 saturated heterocycles. The van der Waals surface area contributed by atoms with Crippen LogP contribution in [0.3, 0.4) is 0 Å². The number of anilines is 4. The first-order chi connectivity index (χ1) is 12.7. The second-order valence-electron chi connectivity index (χ2n) is 5.52. The lowest BCUT2D eigenvalue weighted by molar-refractivity contribution is 0.590. The van der Waals surface area contributed by atoms with Crippen molar-refractivity contribution in [2.75, 3.05) is 10.6 Å². The van der Waals surface area contributed by atoms with Crippen molar-refractivity contribution in [3.8, 4) is 0 Å². The van der Waals surface area contributed by atoms with E-state index in [9.17, 15) is 8.78 Å². The topological polar surface area (TPSA) is 62.7 Å². The molecule has 0 unspecified atom stereocenters. The van der Waals surface area contributed by atoms with E-state index in [0.29, 0.717) is 5.82 Å². The van der Waals surface area contributed by atoms with Gasteiger partial charge in [0.1, 0.15) is 35.3 Å². The number of rotatable bonds is 4. The van der Waals surface area contributed by atoms with E-state index in [1.165, 1.54) is 24.5 Å². The molecule has 128 valence electrons. The van der Waals surface area contributed by atoms with Crippen LogP contribution in [0.2, 0.25) is 0 Å². The molecule has 0 fully saturated rings. The van der Waals surface area contributed by atoms with Crippen molar-refractivity contribution in [2.24, 2.45) is 0 Å². The van der Waals surface area contributed by atoms with Crippen molar-refractivity contribution in [3.05, 3.63) is 78.8 Å². The summed E-state index contributed by atoms with van der Waals surface area (Å²) in [6, 6.07) is 14.8. The molecule has 5 nitrogen and oxygen atoms in total. The minimum Gasteiger partial charge on any atom is -0.338 e. The average molecular weight is 349 g/mol. The molecule has 4 aromatic rings. The largest absolute Gasteiger partial charge is 0.338 e. The summed E-state index contributed by atoms with van der Waals surface area (Å²) in [6.45, 7) is 0. The molecule has 2 heterocycles. The van der Waals surface area contributed by atoms with E-state index in [2.05, 4.69) is 25.6 Å². The summed E-state index contributed by atoms with van der Waals surface area (Å²) < 4.78 is 27.6. The third-order valence-electron chi connectivity index (χ3n) is 3.78. The number of fused-ring (bicyclic) bond motifs is 1. The van der Waals surface area contributed by atoms with Crippen LogP contribution in [-0.4, -0.2) is 15.0 Å². The molecule has 0 aliphatic carbocycles. The van der Waals surface area contributed by atoms with Gasteiger partial charge in [0.15, 0.2) is 0 Å². The molecular formula is C19H13F2N5. The van der Waals surface area contributed by atoms with Crippen molar-refractivity contribution < 1.29 is 8.78 Å². The maximum absolute atomic E-state index is 13.8. The smallest absolute Gasteiger partial charge is 0.149 e. The fourth-order valence-electron chi connectivity index (χ4n) is 2.58. The van der Waals surface area contributed by atoms with E-state index >= 15 is 0 Å². The van der Waals surface area contributed by atoms with E-state index in [1.54, 1.807) is 12.3 Å². The van der Waals surface area contributed by atoms with Gasteiger partial charge in [0.05, 0.1) is 11.2 Å². The molecule has 0 amide bonds. The molecule has 0 spiro atoms. The Kier molecular flexibility index (Phi) is 4.10. The zero-order valence-electron chi connectivity index (χ0n) is 13.4. The number of nitrogens with zero attached hydrogens (tertiary/aromatic N) is 3. The van der Waals surface area contributed by atoms with Crippen molar-refractivity contribution in [2.45, 2.75) is 0 Å². The monoisotopic (exact) mass is 349 g/mol. The van der Waals surface area contributed by atoms with Crippen LogP contribution in [0.4, 0.5) is 31.8 Å². The Morgan fingerprint density at radius 1 is 0.731 bits per heavy atom. The van der Waals surface area contributed by atoms with Gasteiger partial charge in [-0.15, -0.1) is 0 Å². The molecule has 0 radical (unpaired) electrons. The fourth-order valence-corrected chi connectivity index (χ4v) is 2.58. The van der Waals surface area contributed by atoms with Gasteiger partial charge in [-0.2, -0.15) is 0 Å². The Balaban J connectivity index is 1.64. The van der Waals surface area contributed by atoms with Crippen LogP contribution in [0.25, 0.3) is 10.9 Å². The average Bonchev–Trinajstić information content (AvgIpc) is 2.66. The number of benzene rings is 2. The molecule has 2 aromatic heterocycles. The van der Waals surface area contributed by atoms with Crippen LogP contribution in [0.5, 0.6) is 0 Å². The minimum absolute atomic E-state index is 0.260. The van der Waals surface area contributed by atoms with Gasteiger partial charge in [-0.1, -0.05) is 24.3 Å². The van der Waals surface area contributed by atoms with E-state index in [4.69, 9.17) is 0 Å². The van der Waals surface area contributed by atoms with Crippen molar-refractivity contribution in [1.29, 1.82) is 0 Å².